The van der Waals surface area contributed by atoms with Crippen molar-refractivity contribution < 1.29 is 14.3 Å². The molecular weight excluding hydrogens is 292 g/mol. The van der Waals surface area contributed by atoms with Crippen LogP contribution >= 0.6 is 11.6 Å². The van der Waals surface area contributed by atoms with Crippen LogP contribution in [-0.4, -0.2) is 16.9 Å². The first-order valence-electron chi connectivity index (χ1n) is 6.19. The van der Waals surface area contributed by atoms with Gasteiger partial charge in [0.15, 0.2) is 5.78 Å². The van der Waals surface area contributed by atoms with E-state index in [0.29, 0.717) is 11.3 Å². The molecule has 1 amide bonds. The summed E-state index contributed by atoms with van der Waals surface area (Å²) in [6, 6.07) is 8.17. The lowest BCUT2D eigenvalue weighted by Crippen LogP contribution is -2.13. The van der Waals surface area contributed by atoms with E-state index in [1.54, 1.807) is 36.7 Å². The molecule has 2 rings (SSSR count). The maximum atomic E-state index is 11.7. The van der Waals surface area contributed by atoms with E-state index < -0.39 is 6.09 Å². The van der Waals surface area contributed by atoms with Crippen LogP contribution in [-0.2, 0) is 11.3 Å². The number of nitrogens with zero attached hydrogens (tertiary/aromatic N) is 1. The molecule has 1 aromatic carbocycles. The highest BCUT2D eigenvalue weighted by molar-refractivity contribution is 6.34. The normalized spacial score (nSPS) is 10.0. The van der Waals surface area contributed by atoms with Crippen molar-refractivity contribution in [3.05, 3.63) is 58.9 Å². The van der Waals surface area contributed by atoms with Crippen molar-refractivity contribution in [2.24, 2.45) is 0 Å². The predicted molar refractivity (Wildman–Crippen MR) is 79.5 cm³/mol. The Bertz CT molecular complexity index is 659. The molecule has 0 saturated heterocycles. The van der Waals surface area contributed by atoms with Crippen molar-refractivity contribution >= 4 is 29.2 Å². The second-order valence-corrected chi connectivity index (χ2v) is 4.71. The Balaban J connectivity index is 1.94. The summed E-state index contributed by atoms with van der Waals surface area (Å²) in [4.78, 5) is 26.8. The molecule has 108 valence electrons. The molecule has 0 aliphatic heterocycles. The standard InChI is InChI=1S/C15H13ClN2O3/c1-10(19)13-3-2-12(8-14(13)16)18-15(20)21-9-11-4-6-17-7-5-11/h2-8H,9H2,1H3,(H,18,20). The summed E-state index contributed by atoms with van der Waals surface area (Å²) in [7, 11) is 0. The van der Waals surface area contributed by atoms with Crippen LogP contribution in [0.2, 0.25) is 5.02 Å². The highest BCUT2D eigenvalue weighted by Gasteiger charge is 2.09. The molecule has 0 aliphatic rings. The number of pyridine rings is 1. The summed E-state index contributed by atoms with van der Waals surface area (Å²) in [5, 5.41) is 2.83. The molecule has 0 radical (unpaired) electrons. The first-order chi connectivity index (χ1) is 10.1. The fourth-order valence-corrected chi connectivity index (χ4v) is 1.97. The molecule has 0 atom stereocenters. The van der Waals surface area contributed by atoms with Crippen molar-refractivity contribution in [3.63, 3.8) is 0 Å². The molecule has 1 heterocycles. The van der Waals surface area contributed by atoms with Gasteiger partial charge in [-0.15, -0.1) is 0 Å². The fourth-order valence-electron chi connectivity index (χ4n) is 1.66. The number of nitrogens with one attached hydrogen (secondary N) is 1. The molecule has 0 bridgehead atoms. The number of halogens is 1. The van der Waals surface area contributed by atoms with E-state index in [1.807, 2.05) is 0 Å². The molecule has 0 saturated carbocycles. The summed E-state index contributed by atoms with van der Waals surface area (Å²) < 4.78 is 5.06. The molecule has 0 spiro atoms. The van der Waals surface area contributed by atoms with Crippen LogP contribution in [0.5, 0.6) is 0 Å². The summed E-state index contributed by atoms with van der Waals surface area (Å²) in [6.07, 6.45) is 2.65. The SMILES string of the molecule is CC(=O)c1ccc(NC(=O)OCc2ccncc2)cc1Cl. The van der Waals surface area contributed by atoms with Crippen molar-refractivity contribution in [2.75, 3.05) is 5.32 Å². The van der Waals surface area contributed by atoms with Crippen LogP contribution in [0, 0.1) is 0 Å². The summed E-state index contributed by atoms with van der Waals surface area (Å²) in [5.41, 5.74) is 1.71. The quantitative estimate of drug-likeness (QED) is 0.875. The number of ether oxygens (including phenoxy) is 1. The number of rotatable bonds is 4. The Morgan fingerprint density at radius 2 is 1.95 bits per heavy atom. The molecule has 6 heteroatoms. The Kier molecular flexibility index (Phi) is 4.90. The number of carbonyl (C=O) groups is 2. The number of carbonyl (C=O) groups excluding carboxylic acids is 2. The molecular formula is C15H13ClN2O3. The van der Waals surface area contributed by atoms with E-state index in [1.165, 1.54) is 13.0 Å². The molecule has 2 aromatic rings. The summed E-state index contributed by atoms with van der Waals surface area (Å²) in [6.45, 7) is 1.57. The largest absolute Gasteiger partial charge is 0.444 e. The number of Topliss-reactive ketones (excluding diaryl/α,β-unsaturated/α-hetero) is 1. The minimum absolute atomic E-state index is 0.133. The first-order valence-corrected chi connectivity index (χ1v) is 6.57. The monoisotopic (exact) mass is 304 g/mol. The topological polar surface area (TPSA) is 68.3 Å². The van der Waals surface area contributed by atoms with Crippen molar-refractivity contribution in [1.29, 1.82) is 0 Å². The molecule has 1 aromatic heterocycles. The minimum atomic E-state index is -0.599. The van der Waals surface area contributed by atoms with Gasteiger partial charge >= 0.3 is 6.09 Å². The highest BCUT2D eigenvalue weighted by atomic mass is 35.5. The van der Waals surface area contributed by atoms with Gasteiger partial charge in [-0.05, 0) is 42.8 Å². The minimum Gasteiger partial charge on any atom is -0.444 e. The van der Waals surface area contributed by atoms with Gasteiger partial charge in [-0.1, -0.05) is 11.6 Å². The van der Waals surface area contributed by atoms with E-state index in [9.17, 15) is 9.59 Å². The van der Waals surface area contributed by atoms with E-state index in [4.69, 9.17) is 16.3 Å². The molecule has 0 aliphatic carbocycles. The summed E-state index contributed by atoms with van der Waals surface area (Å²) >= 11 is 5.96. The molecule has 0 fully saturated rings. The number of benzene rings is 1. The van der Waals surface area contributed by atoms with Gasteiger partial charge in [-0.3, -0.25) is 15.1 Å². The average Bonchev–Trinajstić information content (AvgIpc) is 2.46. The van der Waals surface area contributed by atoms with Gasteiger partial charge in [0, 0.05) is 23.6 Å². The molecule has 0 unspecified atom stereocenters. The number of amides is 1. The van der Waals surface area contributed by atoms with Crippen molar-refractivity contribution in [2.45, 2.75) is 13.5 Å². The van der Waals surface area contributed by atoms with E-state index in [2.05, 4.69) is 10.3 Å². The maximum Gasteiger partial charge on any atom is 0.411 e. The Morgan fingerprint density at radius 3 is 2.57 bits per heavy atom. The number of anilines is 1. The van der Waals surface area contributed by atoms with E-state index in [-0.39, 0.29) is 17.4 Å². The third-order valence-electron chi connectivity index (χ3n) is 2.71. The van der Waals surface area contributed by atoms with Crippen LogP contribution in [0.4, 0.5) is 10.5 Å². The van der Waals surface area contributed by atoms with Gasteiger partial charge in [0.1, 0.15) is 6.61 Å². The first kappa shape index (κ1) is 15.0. The lowest BCUT2D eigenvalue weighted by Gasteiger charge is -2.08. The van der Waals surface area contributed by atoms with Gasteiger partial charge < -0.3 is 4.74 Å². The van der Waals surface area contributed by atoms with E-state index in [0.717, 1.165) is 5.56 Å². The number of ketones is 1. The maximum absolute atomic E-state index is 11.7. The predicted octanol–water partition coefficient (Wildman–Crippen LogP) is 3.69. The zero-order chi connectivity index (χ0) is 15.2. The number of hydrogen-bond acceptors (Lipinski definition) is 4. The average molecular weight is 305 g/mol. The molecule has 21 heavy (non-hydrogen) atoms. The van der Waals surface area contributed by atoms with Gasteiger partial charge in [0.05, 0.1) is 5.02 Å². The lowest BCUT2D eigenvalue weighted by molar-refractivity contribution is 0.101. The third kappa shape index (κ3) is 4.29. The Labute approximate surface area is 126 Å². The van der Waals surface area contributed by atoms with Gasteiger partial charge in [0.25, 0.3) is 0 Å². The molecule has 5 nitrogen and oxygen atoms in total. The highest BCUT2D eigenvalue weighted by Crippen LogP contribution is 2.21. The van der Waals surface area contributed by atoms with Crippen LogP contribution in [0.25, 0.3) is 0 Å². The number of hydrogen-bond donors (Lipinski definition) is 1. The third-order valence-corrected chi connectivity index (χ3v) is 3.03. The molecule has 1 N–H and O–H groups in total. The van der Waals surface area contributed by atoms with E-state index >= 15 is 0 Å². The second-order valence-electron chi connectivity index (χ2n) is 4.31. The lowest BCUT2D eigenvalue weighted by atomic mass is 10.1. The van der Waals surface area contributed by atoms with Crippen LogP contribution in [0.15, 0.2) is 42.7 Å². The smallest absolute Gasteiger partial charge is 0.411 e. The van der Waals surface area contributed by atoms with Gasteiger partial charge in [0.2, 0.25) is 0 Å². The van der Waals surface area contributed by atoms with Crippen LogP contribution in [0.1, 0.15) is 22.8 Å². The van der Waals surface area contributed by atoms with Crippen molar-refractivity contribution in [1.82, 2.24) is 4.98 Å². The Morgan fingerprint density at radius 1 is 1.24 bits per heavy atom. The fraction of sp³-hybridized carbons (Fsp3) is 0.133. The summed E-state index contributed by atoms with van der Waals surface area (Å²) in [5.74, 6) is -0.133. The van der Waals surface area contributed by atoms with Gasteiger partial charge in [-0.2, -0.15) is 0 Å². The van der Waals surface area contributed by atoms with Crippen LogP contribution < -0.4 is 5.32 Å². The van der Waals surface area contributed by atoms with Crippen LogP contribution in [0.3, 0.4) is 0 Å². The zero-order valence-corrected chi connectivity index (χ0v) is 12.1. The van der Waals surface area contributed by atoms with Gasteiger partial charge in [-0.25, -0.2) is 4.79 Å². The number of aromatic nitrogens is 1. The Hall–Kier alpha value is -2.40. The zero-order valence-electron chi connectivity index (χ0n) is 11.3. The van der Waals surface area contributed by atoms with Crippen molar-refractivity contribution in [3.8, 4) is 0 Å². The second kappa shape index (κ2) is 6.85.